The summed E-state index contributed by atoms with van der Waals surface area (Å²) in [5, 5.41) is 9.75. The number of anilines is 1. The molecule has 0 saturated carbocycles. The lowest BCUT2D eigenvalue weighted by Gasteiger charge is -2.37. The molecule has 0 aromatic heterocycles. The van der Waals surface area contributed by atoms with E-state index in [0.29, 0.717) is 24.9 Å². The monoisotopic (exact) mass is 403 g/mol. The van der Waals surface area contributed by atoms with E-state index < -0.39 is 0 Å². The molecule has 3 N–H and O–H groups in total. The Morgan fingerprint density at radius 2 is 1.86 bits per heavy atom. The van der Waals surface area contributed by atoms with Gasteiger partial charge in [0, 0.05) is 51.4 Å². The molecule has 29 heavy (non-hydrogen) atoms. The lowest BCUT2D eigenvalue weighted by Crippen LogP contribution is -2.52. The molecule has 1 unspecified atom stereocenters. The van der Waals surface area contributed by atoms with Crippen molar-refractivity contribution in [3.8, 4) is 0 Å². The fraction of sp³-hybridized carbons (Fsp3) is 0.636. The topological polar surface area (TPSA) is 78.0 Å². The zero-order chi connectivity index (χ0) is 21.1. The smallest absolute Gasteiger partial charge is 0.224 e. The molecule has 0 radical (unpaired) electrons. The van der Waals surface area contributed by atoms with Gasteiger partial charge in [-0.1, -0.05) is 32.9 Å². The Balaban J connectivity index is 1.81. The molecule has 1 saturated heterocycles. The molecule has 1 atom stereocenters. The van der Waals surface area contributed by atoms with Gasteiger partial charge in [0.15, 0.2) is 5.96 Å². The summed E-state index contributed by atoms with van der Waals surface area (Å²) in [6.07, 6.45) is 1.40. The van der Waals surface area contributed by atoms with E-state index in [1.54, 1.807) is 7.05 Å². The van der Waals surface area contributed by atoms with Gasteiger partial charge in [0.25, 0.3) is 0 Å². The van der Waals surface area contributed by atoms with Crippen LogP contribution in [0.25, 0.3) is 0 Å². The SMILES string of the molecule is CCCC(=O)Nc1ccc(CNC(=NC)NCC(C(C)C)N2CCOCC2)cc1. The van der Waals surface area contributed by atoms with E-state index in [0.717, 1.165) is 56.5 Å². The van der Waals surface area contributed by atoms with E-state index in [-0.39, 0.29) is 5.91 Å². The van der Waals surface area contributed by atoms with Crippen molar-refractivity contribution in [2.45, 2.75) is 46.2 Å². The molecule has 1 aliphatic heterocycles. The summed E-state index contributed by atoms with van der Waals surface area (Å²) < 4.78 is 5.48. The molecule has 0 spiro atoms. The van der Waals surface area contributed by atoms with Crippen molar-refractivity contribution in [3.05, 3.63) is 29.8 Å². The Morgan fingerprint density at radius 1 is 1.17 bits per heavy atom. The molecule has 1 heterocycles. The Kier molecular flexibility index (Phi) is 9.94. The van der Waals surface area contributed by atoms with Gasteiger partial charge in [0.05, 0.1) is 13.2 Å². The van der Waals surface area contributed by atoms with Crippen molar-refractivity contribution in [2.75, 3.05) is 45.2 Å². The number of morpholine rings is 1. The summed E-state index contributed by atoms with van der Waals surface area (Å²) in [6, 6.07) is 8.37. The average molecular weight is 404 g/mol. The lowest BCUT2D eigenvalue weighted by molar-refractivity contribution is -0.116. The Bertz CT molecular complexity index is 639. The van der Waals surface area contributed by atoms with Crippen LogP contribution in [0, 0.1) is 5.92 Å². The number of benzene rings is 1. The quantitative estimate of drug-likeness (QED) is 0.436. The van der Waals surface area contributed by atoms with Crippen molar-refractivity contribution < 1.29 is 9.53 Å². The Labute approximate surface area is 175 Å². The predicted octanol–water partition coefficient (Wildman–Crippen LogP) is 2.45. The minimum Gasteiger partial charge on any atom is -0.379 e. The molecule has 162 valence electrons. The number of carbonyl (C=O) groups is 1. The number of carbonyl (C=O) groups excluding carboxylic acids is 1. The van der Waals surface area contributed by atoms with Gasteiger partial charge in [-0.05, 0) is 30.0 Å². The van der Waals surface area contributed by atoms with Crippen LogP contribution in [0.3, 0.4) is 0 Å². The van der Waals surface area contributed by atoms with Crippen LogP contribution >= 0.6 is 0 Å². The Hall–Kier alpha value is -2.12. The molecule has 7 nitrogen and oxygen atoms in total. The van der Waals surface area contributed by atoms with Crippen LogP contribution in [-0.4, -0.2) is 62.7 Å². The first kappa shape index (κ1) is 23.2. The second-order valence-electron chi connectivity index (χ2n) is 7.76. The van der Waals surface area contributed by atoms with Crippen LogP contribution < -0.4 is 16.0 Å². The third-order valence-electron chi connectivity index (χ3n) is 5.16. The zero-order valence-corrected chi connectivity index (χ0v) is 18.3. The van der Waals surface area contributed by atoms with E-state index in [9.17, 15) is 4.79 Å². The van der Waals surface area contributed by atoms with Crippen molar-refractivity contribution in [2.24, 2.45) is 10.9 Å². The number of amides is 1. The van der Waals surface area contributed by atoms with Crippen LogP contribution in [0.2, 0.25) is 0 Å². The van der Waals surface area contributed by atoms with Crippen LogP contribution in [0.1, 0.15) is 39.2 Å². The minimum atomic E-state index is 0.0583. The highest BCUT2D eigenvalue weighted by molar-refractivity contribution is 5.90. The summed E-state index contributed by atoms with van der Waals surface area (Å²) >= 11 is 0. The molecule has 0 aliphatic carbocycles. The lowest BCUT2D eigenvalue weighted by atomic mass is 10.0. The summed E-state index contributed by atoms with van der Waals surface area (Å²) in [5.74, 6) is 1.40. The number of hydrogen-bond acceptors (Lipinski definition) is 4. The summed E-state index contributed by atoms with van der Waals surface area (Å²) in [7, 11) is 1.79. The second-order valence-corrected chi connectivity index (χ2v) is 7.76. The van der Waals surface area contributed by atoms with E-state index in [1.807, 2.05) is 31.2 Å². The summed E-state index contributed by atoms with van der Waals surface area (Å²) in [4.78, 5) is 18.5. The van der Waals surface area contributed by atoms with E-state index >= 15 is 0 Å². The first-order valence-corrected chi connectivity index (χ1v) is 10.7. The summed E-state index contributed by atoms with van der Waals surface area (Å²) in [5.41, 5.74) is 1.97. The number of aliphatic imine (C=N–C) groups is 1. The number of ether oxygens (including phenoxy) is 1. The van der Waals surface area contributed by atoms with E-state index in [1.165, 1.54) is 0 Å². The van der Waals surface area contributed by atoms with Crippen molar-refractivity contribution >= 4 is 17.6 Å². The van der Waals surface area contributed by atoms with Crippen LogP contribution in [0.5, 0.6) is 0 Å². The molecule has 1 aromatic carbocycles. The van der Waals surface area contributed by atoms with Crippen LogP contribution in [0.15, 0.2) is 29.3 Å². The third kappa shape index (κ3) is 8.03. The standard InChI is InChI=1S/C22H37N5O2/c1-5-6-21(28)26-19-9-7-18(8-10-19)15-24-22(23-4)25-16-20(17(2)3)27-11-13-29-14-12-27/h7-10,17,20H,5-6,11-16H2,1-4H3,(H,26,28)(H2,23,24,25). The van der Waals surface area contributed by atoms with Gasteiger partial charge in [0.2, 0.25) is 5.91 Å². The number of nitrogens with zero attached hydrogens (tertiary/aromatic N) is 2. The van der Waals surface area contributed by atoms with Crippen molar-refractivity contribution in [1.82, 2.24) is 15.5 Å². The molecule has 1 aliphatic rings. The molecule has 1 amide bonds. The maximum absolute atomic E-state index is 11.7. The minimum absolute atomic E-state index is 0.0583. The molecule has 2 rings (SSSR count). The molecular formula is C22H37N5O2. The summed E-state index contributed by atoms with van der Waals surface area (Å²) in [6.45, 7) is 11.6. The molecule has 7 heteroatoms. The predicted molar refractivity (Wildman–Crippen MR) is 119 cm³/mol. The fourth-order valence-electron chi connectivity index (χ4n) is 3.46. The molecule has 1 aromatic rings. The van der Waals surface area contributed by atoms with E-state index in [2.05, 4.69) is 39.7 Å². The van der Waals surface area contributed by atoms with Crippen LogP contribution in [-0.2, 0) is 16.1 Å². The van der Waals surface area contributed by atoms with Crippen molar-refractivity contribution in [3.63, 3.8) is 0 Å². The first-order valence-electron chi connectivity index (χ1n) is 10.7. The normalized spacial score (nSPS) is 16.5. The van der Waals surface area contributed by atoms with Gasteiger partial charge in [-0.2, -0.15) is 0 Å². The maximum atomic E-state index is 11.7. The largest absolute Gasteiger partial charge is 0.379 e. The highest BCUT2D eigenvalue weighted by Gasteiger charge is 2.23. The zero-order valence-electron chi connectivity index (χ0n) is 18.3. The van der Waals surface area contributed by atoms with Crippen LogP contribution in [0.4, 0.5) is 5.69 Å². The maximum Gasteiger partial charge on any atom is 0.224 e. The number of nitrogens with one attached hydrogen (secondary N) is 3. The molecule has 0 bridgehead atoms. The molecule has 1 fully saturated rings. The van der Waals surface area contributed by atoms with Gasteiger partial charge < -0.3 is 20.7 Å². The van der Waals surface area contributed by atoms with Gasteiger partial charge in [-0.25, -0.2) is 0 Å². The number of rotatable bonds is 9. The Morgan fingerprint density at radius 3 is 2.45 bits per heavy atom. The van der Waals surface area contributed by atoms with Gasteiger partial charge >= 0.3 is 0 Å². The second kappa shape index (κ2) is 12.4. The highest BCUT2D eigenvalue weighted by Crippen LogP contribution is 2.12. The first-order chi connectivity index (χ1) is 14.0. The van der Waals surface area contributed by atoms with Crippen molar-refractivity contribution in [1.29, 1.82) is 0 Å². The fourth-order valence-corrected chi connectivity index (χ4v) is 3.46. The van der Waals surface area contributed by atoms with E-state index in [4.69, 9.17) is 4.74 Å². The number of guanidine groups is 1. The van der Waals surface area contributed by atoms with Gasteiger partial charge in [-0.3, -0.25) is 14.7 Å². The molecular weight excluding hydrogens is 366 g/mol. The van der Waals surface area contributed by atoms with Gasteiger partial charge in [-0.15, -0.1) is 0 Å². The van der Waals surface area contributed by atoms with Gasteiger partial charge in [0.1, 0.15) is 0 Å². The number of hydrogen-bond donors (Lipinski definition) is 3. The highest BCUT2D eigenvalue weighted by atomic mass is 16.5. The average Bonchev–Trinajstić information content (AvgIpc) is 2.72. The third-order valence-corrected chi connectivity index (χ3v) is 5.16.